The lowest BCUT2D eigenvalue weighted by atomic mass is 10.2. The average Bonchev–Trinajstić information content (AvgIpc) is 1.80. The molecule has 1 aromatic carbocycles. The van der Waals surface area contributed by atoms with Gasteiger partial charge in [-0.15, -0.1) is 0 Å². The van der Waals surface area contributed by atoms with Crippen LogP contribution in [-0.4, -0.2) is 0 Å². The Bertz CT molecular complexity index is 216. The molecule has 0 saturated carbocycles. The van der Waals surface area contributed by atoms with Crippen LogP contribution in [0.3, 0.4) is 0 Å². The zero-order chi connectivity index (χ0) is 6.85. The van der Waals surface area contributed by atoms with Gasteiger partial charge in [0.15, 0.2) is 0 Å². The zero-order valence-electron chi connectivity index (χ0n) is 5.61. The van der Waals surface area contributed by atoms with Gasteiger partial charge < -0.3 is 0 Å². The molecule has 0 aliphatic heterocycles. The lowest BCUT2D eigenvalue weighted by molar-refractivity contribution is 0.617. The Morgan fingerprint density at radius 2 is 1.89 bits per heavy atom. The molecule has 0 atom stereocenters. The lowest BCUT2D eigenvalue weighted by Crippen LogP contribution is -1.81. The minimum atomic E-state index is -0.116. The summed E-state index contributed by atoms with van der Waals surface area (Å²) in [5, 5.41) is 0. The average molecular weight is 123 g/mol. The Kier molecular flexibility index (Phi) is 1.52. The molecule has 0 heterocycles. The van der Waals surface area contributed by atoms with Crippen molar-refractivity contribution < 1.29 is 4.39 Å². The highest BCUT2D eigenvalue weighted by molar-refractivity contribution is 5.21. The van der Waals surface area contributed by atoms with Crippen molar-refractivity contribution in [2.24, 2.45) is 0 Å². The van der Waals surface area contributed by atoms with E-state index in [9.17, 15) is 4.39 Å². The van der Waals surface area contributed by atoms with Gasteiger partial charge in [0, 0.05) is 0 Å². The minimum Gasteiger partial charge on any atom is -0.207 e. The molecule has 1 rings (SSSR count). The number of halogens is 1. The predicted octanol–water partition coefficient (Wildman–Crippen LogP) is 2.44. The third-order valence-electron chi connectivity index (χ3n) is 1.33. The fourth-order valence-corrected chi connectivity index (χ4v) is 0.698. The van der Waals surface area contributed by atoms with Crippen LogP contribution in [0.4, 0.5) is 4.39 Å². The maximum Gasteiger partial charge on any atom is 0.126 e. The Morgan fingerprint density at radius 1 is 1.22 bits per heavy atom. The fraction of sp³-hybridized carbons (Fsp3) is 0.250. The number of benzene rings is 1. The standard InChI is InChI=1S/C8H9F/c1-6-3-4-7(2)8(9)5-6/h3-5H,1-2H3/i9-1. The van der Waals surface area contributed by atoms with E-state index in [0.717, 1.165) is 5.56 Å². The van der Waals surface area contributed by atoms with Crippen LogP contribution in [0.15, 0.2) is 18.2 Å². The first-order valence-corrected chi connectivity index (χ1v) is 2.93. The van der Waals surface area contributed by atoms with E-state index in [1.807, 2.05) is 13.0 Å². The predicted molar refractivity (Wildman–Crippen MR) is 35.9 cm³/mol. The summed E-state index contributed by atoms with van der Waals surface area (Å²) in [6.07, 6.45) is 0. The number of rotatable bonds is 0. The van der Waals surface area contributed by atoms with Crippen molar-refractivity contribution in [3.05, 3.63) is 35.1 Å². The second-order valence-corrected chi connectivity index (χ2v) is 2.25. The first-order chi connectivity index (χ1) is 4.20. The van der Waals surface area contributed by atoms with Crippen molar-refractivity contribution >= 4 is 0 Å². The van der Waals surface area contributed by atoms with E-state index < -0.39 is 0 Å². The molecule has 0 spiro atoms. The molecular weight excluding hydrogens is 114 g/mol. The molecule has 1 heteroatoms. The Balaban J connectivity index is 3.17. The number of hydrogen-bond acceptors (Lipinski definition) is 0. The minimum absolute atomic E-state index is 0.116. The zero-order valence-corrected chi connectivity index (χ0v) is 5.61. The summed E-state index contributed by atoms with van der Waals surface area (Å²) in [7, 11) is 0. The molecule has 0 fully saturated rings. The van der Waals surface area contributed by atoms with Gasteiger partial charge in [0.05, 0.1) is 0 Å². The van der Waals surface area contributed by atoms with Gasteiger partial charge in [0.25, 0.3) is 0 Å². The second-order valence-electron chi connectivity index (χ2n) is 2.25. The molecule has 0 bridgehead atoms. The highest BCUT2D eigenvalue weighted by Crippen LogP contribution is 2.06. The number of aryl methyl sites for hydroxylation is 2. The van der Waals surface area contributed by atoms with Crippen LogP contribution < -0.4 is 0 Å². The van der Waals surface area contributed by atoms with Crippen molar-refractivity contribution in [1.29, 1.82) is 0 Å². The van der Waals surface area contributed by atoms with Crippen LogP contribution in [0.25, 0.3) is 0 Å². The van der Waals surface area contributed by atoms with Crippen LogP contribution in [-0.2, 0) is 0 Å². The van der Waals surface area contributed by atoms with Crippen molar-refractivity contribution in [2.75, 3.05) is 0 Å². The highest BCUT2D eigenvalue weighted by Gasteiger charge is 1.93. The van der Waals surface area contributed by atoms with Crippen LogP contribution in [0.2, 0.25) is 0 Å². The first-order valence-electron chi connectivity index (χ1n) is 2.93. The Morgan fingerprint density at radius 3 is 2.33 bits per heavy atom. The molecule has 0 N–H and O–H groups in total. The van der Waals surface area contributed by atoms with Gasteiger partial charge in [-0.05, 0) is 31.0 Å². The molecule has 1 aromatic rings. The Labute approximate surface area is 54.3 Å². The van der Waals surface area contributed by atoms with Crippen molar-refractivity contribution in [2.45, 2.75) is 13.8 Å². The van der Waals surface area contributed by atoms with E-state index in [4.69, 9.17) is 0 Å². The van der Waals surface area contributed by atoms with Gasteiger partial charge in [-0.2, -0.15) is 0 Å². The molecule has 48 valence electrons. The van der Waals surface area contributed by atoms with Crippen molar-refractivity contribution in [3.63, 3.8) is 0 Å². The highest BCUT2D eigenvalue weighted by atomic mass is 18.2. The fourth-order valence-electron chi connectivity index (χ4n) is 0.698. The maximum absolute atomic E-state index is 12.6. The summed E-state index contributed by atoms with van der Waals surface area (Å²) in [6.45, 7) is 3.64. The third kappa shape index (κ3) is 1.28. The summed E-state index contributed by atoms with van der Waals surface area (Å²) < 4.78 is 12.6. The lowest BCUT2D eigenvalue weighted by Gasteiger charge is -1.94. The molecule has 0 radical (unpaired) electrons. The molecule has 9 heavy (non-hydrogen) atoms. The van der Waals surface area contributed by atoms with Crippen LogP contribution in [0.1, 0.15) is 11.1 Å². The molecule has 0 amide bonds. The number of hydrogen-bond donors (Lipinski definition) is 0. The summed E-state index contributed by atoms with van der Waals surface area (Å²) in [4.78, 5) is 0. The van der Waals surface area contributed by atoms with E-state index in [2.05, 4.69) is 0 Å². The van der Waals surface area contributed by atoms with Gasteiger partial charge in [0.2, 0.25) is 0 Å². The van der Waals surface area contributed by atoms with Gasteiger partial charge in [-0.25, -0.2) is 4.39 Å². The van der Waals surface area contributed by atoms with Crippen LogP contribution in [0.5, 0.6) is 0 Å². The normalized spacial score (nSPS) is 9.67. The van der Waals surface area contributed by atoms with E-state index in [1.54, 1.807) is 13.0 Å². The maximum atomic E-state index is 12.6. The first kappa shape index (κ1) is 6.27. The summed E-state index contributed by atoms with van der Waals surface area (Å²) in [5.41, 5.74) is 1.68. The van der Waals surface area contributed by atoms with Crippen LogP contribution in [0, 0.1) is 19.7 Å². The molecule has 0 unspecified atom stereocenters. The quantitative estimate of drug-likeness (QED) is 0.497. The summed E-state index contributed by atoms with van der Waals surface area (Å²) in [6, 6.07) is 5.22. The molecule has 0 aromatic heterocycles. The second kappa shape index (κ2) is 2.18. The molecule has 0 nitrogen and oxygen atoms in total. The van der Waals surface area contributed by atoms with Crippen LogP contribution >= 0.6 is 0 Å². The van der Waals surface area contributed by atoms with E-state index in [-0.39, 0.29) is 5.82 Å². The largest absolute Gasteiger partial charge is 0.207 e. The van der Waals surface area contributed by atoms with E-state index in [0.29, 0.717) is 5.56 Å². The van der Waals surface area contributed by atoms with E-state index in [1.165, 1.54) is 6.07 Å². The Hall–Kier alpha value is -0.850. The van der Waals surface area contributed by atoms with Crippen molar-refractivity contribution in [3.8, 4) is 0 Å². The molecule has 0 saturated heterocycles. The topological polar surface area (TPSA) is 0 Å². The van der Waals surface area contributed by atoms with Gasteiger partial charge in [-0.1, -0.05) is 12.1 Å². The van der Waals surface area contributed by atoms with Gasteiger partial charge in [0.1, 0.15) is 5.82 Å². The van der Waals surface area contributed by atoms with Gasteiger partial charge in [-0.3, -0.25) is 0 Å². The molecule has 0 aliphatic carbocycles. The third-order valence-corrected chi connectivity index (χ3v) is 1.33. The molecular formula is C8H9F. The summed E-state index contributed by atoms with van der Waals surface area (Å²) >= 11 is 0. The smallest absolute Gasteiger partial charge is 0.126 e. The van der Waals surface area contributed by atoms with E-state index >= 15 is 0 Å². The summed E-state index contributed by atoms with van der Waals surface area (Å²) in [5.74, 6) is -0.116. The SMILES string of the molecule is Cc1ccc(C)c([18F])c1. The monoisotopic (exact) mass is 123 g/mol. The van der Waals surface area contributed by atoms with Gasteiger partial charge >= 0.3 is 0 Å². The van der Waals surface area contributed by atoms with Crippen molar-refractivity contribution in [1.82, 2.24) is 0 Å². The molecule has 0 aliphatic rings.